The second-order valence-electron chi connectivity index (χ2n) is 9.02. The van der Waals surface area contributed by atoms with Gasteiger partial charge in [-0.1, -0.05) is 36.4 Å². The number of furan rings is 1. The van der Waals surface area contributed by atoms with Crippen LogP contribution in [0.3, 0.4) is 0 Å². The molecule has 0 spiro atoms. The molecule has 0 saturated carbocycles. The quantitative estimate of drug-likeness (QED) is 0.356. The van der Waals surface area contributed by atoms with E-state index in [0.717, 1.165) is 64.5 Å². The molecule has 2 aromatic heterocycles. The van der Waals surface area contributed by atoms with Crippen molar-refractivity contribution in [3.63, 3.8) is 0 Å². The lowest BCUT2D eigenvalue weighted by atomic mass is 9.95. The van der Waals surface area contributed by atoms with Gasteiger partial charge in [0.1, 0.15) is 10.6 Å². The van der Waals surface area contributed by atoms with Gasteiger partial charge in [0.15, 0.2) is 0 Å². The molecular formula is C28H28N2O3S. The molecule has 34 heavy (non-hydrogen) atoms. The lowest BCUT2D eigenvalue weighted by molar-refractivity contribution is -0.115. The molecule has 6 heteroatoms. The zero-order chi connectivity index (χ0) is 23.7. The first-order chi connectivity index (χ1) is 16.5. The van der Waals surface area contributed by atoms with E-state index in [-0.39, 0.29) is 18.2 Å². The van der Waals surface area contributed by atoms with Crippen LogP contribution >= 0.6 is 11.3 Å². The second-order valence-corrected chi connectivity index (χ2v) is 10.1. The van der Waals surface area contributed by atoms with Crippen molar-refractivity contribution in [2.75, 3.05) is 5.32 Å². The fourth-order valence-electron chi connectivity index (χ4n) is 4.86. The highest BCUT2D eigenvalue weighted by atomic mass is 32.1. The SMILES string of the molecule is Cc1cc(C)c2c(CC(=O)Nc3sc4c(c3C(=O)NCc3ccccc3)CCCC4)coc2c1. The number of aryl methyl sites for hydroxylation is 3. The van der Waals surface area contributed by atoms with Crippen molar-refractivity contribution in [1.82, 2.24) is 5.32 Å². The van der Waals surface area contributed by atoms with Gasteiger partial charge in [-0.3, -0.25) is 9.59 Å². The third-order valence-electron chi connectivity index (χ3n) is 6.39. The third-order valence-corrected chi connectivity index (χ3v) is 7.60. The van der Waals surface area contributed by atoms with Crippen molar-refractivity contribution in [1.29, 1.82) is 0 Å². The van der Waals surface area contributed by atoms with Crippen LogP contribution in [0.25, 0.3) is 11.0 Å². The van der Waals surface area contributed by atoms with Crippen molar-refractivity contribution in [3.8, 4) is 0 Å². The number of amides is 2. The Balaban J connectivity index is 1.37. The van der Waals surface area contributed by atoms with Crippen LogP contribution < -0.4 is 10.6 Å². The van der Waals surface area contributed by atoms with E-state index in [2.05, 4.69) is 16.7 Å². The molecule has 1 aliphatic rings. The summed E-state index contributed by atoms with van der Waals surface area (Å²) in [6, 6.07) is 14.0. The molecule has 5 nitrogen and oxygen atoms in total. The van der Waals surface area contributed by atoms with Gasteiger partial charge in [-0.2, -0.15) is 0 Å². The van der Waals surface area contributed by atoms with Gasteiger partial charge in [-0.25, -0.2) is 0 Å². The van der Waals surface area contributed by atoms with Crippen molar-refractivity contribution in [3.05, 3.63) is 87.0 Å². The monoisotopic (exact) mass is 472 g/mol. The maximum absolute atomic E-state index is 13.3. The van der Waals surface area contributed by atoms with E-state index in [1.54, 1.807) is 17.6 Å². The summed E-state index contributed by atoms with van der Waals surface area (Å²) < 4.78 is 5.72. The van der Waals surface area contributed by atoms with E-state index < -0.39 is 0 Å². The summed E-state index contributed by atoms with van der Waals surface area (Å²) in [5, 5.41) is 7.75. The number of fused-ring (bicyclic) bond motifs is 2. The summed E-state index contributed by atoms with van der Waals surface area (Å²) in [4.78, 5) is 27.6. The van der Waals surface area contributed by atoms with E-state index in [1.807, 2.05) is 50.2 Å². The molecular weight excluding hydrogens is 444 g/mol. The number of nitrogens with one attached hydrogen (secondary N) is 2. The molecule has 1 aliphatic carbocycles. The van der Waals surface area contributed by atoms with Gasteiger partial charge in [0.25, 0.3) is 5.91 Å². The standard InChI is InChI=1S/C28H28N2O3S/c1-17-12-18(2)25-20(16-33-22(25)13-17)14-24(31)30-28-26(21-10-6-7-11-23(21)34-28)27(32)29-15-19-8-4-3-5-9-19/h3-5,8-9,12-13,16H,6-7,10-11,14-15H2,1-2H3,(H,29,32)(H,30,31). The van der Waals surface area contributed by atoms with Gasteiger partial charge >= 0.3 is 0 Å². The van der Waals surface area contributed by atoms with Crippen molar-refractivity contribution < 1.29 is 14.0 Å². The van der Waals surface area contributed by atoms with Crippen LogP contribution in [0.4, 0.5) is 5.00 Å². The van der Waals surface area contributed by atoms with Crippen LogP contribution in [-0.2, 0) is 30.6 Å². The van der Waals surface area contributed by atoms with Crippen molar-refractivity contribution in [2.24, 2.45) is 0 Å². The van der Waals surface area contributed by atoms with Gasteiger partial charge in [-0.15, -0.1) is 11.3 Å². The highest BCUT2D eigenvalue weighted by Gasteiger charge is 2.26. The molecule has 2 N–H and O–H groups in total. The van der Waals surface area contributed by atoms with E-state index in [4.69, 9.17) is 4.42 Å². The first-order valence-electron chi connectivity index (χ1n) is 11.7. The largest absolute Gasteiger partial charge is 0.464 e. The third kappa shape index (κ3) is 4.50. The van der Waals surface area contributed by atoms with E-state index >= 15 is 0 Å². The molecule has 2 aromatic carbocycles. The predicted molar refractivity (Wildman–Crippen MR) is 137 cm³/mol. The van der Waals surface area contributed by atoms with Crippen LogP contribution in [0.1, 0.15) is 55.9 Å². The summed E-state index contributed by atoms with van der Waals surface area (Å²) in [5.41, 5.74) is 6.66. The van der Waals surface area contributed by atoms with E-state index in [0.29, 0.717) is 17.1 Å². The van der Waals surface area contributed by atoms with Crippen LogP contribution in [-0.4, -0.2) is 11.8 Å². The summed E-state index contributed by atoms with van der Waals surface area (Å²) in [7, 11) is 0. The number of rotatable bonds is 6. The van der Waals surface area contributed by atoms with Crippen LogP contribution in [0, 0.1) is 13.8 Å². The number of anilines is 1. The molecule has 0 atom stereocenters. The predicted octanol–water partition coefficient (Wildman–Crippen LogP) is 6.10. The fraction of sp³-hybridized carbons (Fsp3) is 0.286. The van der Waals surface area contributed by atoms with E-state index in [1.165, 1.54) is 4.88 Å². The number of carbonyl (C=O) groups is 2. The average molecular weight is 473 g/mol. The maximum Gasteiger partial charge on any atom is 0.254 e. The smallest absolute Gasteiger partial charge is 0.254 e. The molecule has 0 aliphatic heterocycles. The molecule has 0 fully saturated rings. The van der Waals surface area contributed by atoms with Gasteiger partial charge < -0.3 is 15.1 Å². The van der Waals surface area contributed by atoms with Crippen LogP contribution in [0.2, 0.25) is 0 Å². The molecule has 2 amide bonds. The molecule has 0 bridgehead atoms. The summed E-state index contributed by atoms with van der Waals surface area (Å²) in [6.07, 6.45) is 5.88. The van der Waals surface area contributed by atoms with Gasteiger partial charge in [0, 0.05) is 22.4 Å². The number of benzene rings is 2. The molecule has 0 unspecified atom stereocenters. The highest BCUT2D eigenvalue weighted by Crippen LogP contribution is 2.38. The fourth-order valence-corrected chi connectivity index (χ4v) is 6.16. The Morgan fingerprint density at radius 2 is 1.85 bits per heavy atom. The van der Waals surface area contributed by atoms with Crippen molar-refractivity contribution in [2.45, 2.75) is 52.5 Å². The number of hydrogen-bond acceptors (Lipinski definition) is 4. The summed E-state index contributed by atoms with van der Waals surface area (Å²) >= 11 is 1.55. The van der Waals surface area contributed by atoms with Crippen molar-refractivity contribution >= 4 is 39.1 Å². The Morgan fingerprint density at radius 3 is 2.68 bits per heavy atom. The minimum atomic E-state index is -0.140. The zero-order valence-corrected chi connectivity index (χ0v) is 20.3. The number of hydrogen-bond donors (Lipinski definition) is 2. The Labute approximate surface area is 203 Å². The number of thiophene rings is 1. The number of carbonyl (C=O) groups excluding carboxylic acids is 2. The topological polar surface area (TPSA) is 71.3 Å². The first kappa shape index (κ1) is 22.4. The average Bonchev–Trinajstić information content (AvgIpc) is 3.39. The van der Waals surface area contributed by atoms with Gasteiger partial charge in [0.2, 0.25) is 5.91 Å². The molecule has 0 saturated heterocycles. The minimum Gasteiger partial charge on any atom is -0.464 e. The molecule has 5 rings (SSSR count). The zero-order valence-electron chi connectivity index (χ0n) is 19.5. The Kier molecular flexibility index (Phi) is 6.24. The summed E-state index contributed by atoms with van der Waals surface area (Å²) in [6.45, 7) is 4.52. The summed E-state index contributed by atoms with van der Waals surface area (Å²) in [5.74, 6) is -0.267. The minimum absolute atomic E-state index is 0.126. The molecule has 4 aromatic rings. The van der Waals surface area contributed by atoms with Gasteiger partial charge in [-0.05, 0) is 67.9 Å². The molecule has 2 heterocycles. The first-order valence-corrected chi connectivity index (χ1v) is 12.5. The maximum atomic E-state index is 13.3. The van der Waals surface area contributed by atoms with Crippen LogP contribution in [0.5, 0.6) is 0 Å². The van der Waals surface area contributed by atoms with Crippen LogP contribution in [0.15, 0.2) is 53.1 Å². The Hall–Kier alpha value is -3.38. The lowest BCUT2D eigenvalue weighted by Crippen LogP contribution is -2.25. The van der Waals surface area contributed by atoms with Gasteiger partial charge in [0.05, 0.1) is 18.2 Å². The van der Waals surface area contributed by atoms with E-state index in [9.17, 15) is 9.59 Å². The lowest BCUT2D eigenvalue weighted by Gasteiger charge is -2.13. The Morgan fingerprint density at radius 1 is 1.06 bits per heavy atom. The molecule has 0 radical (unpaired) electrons. The normalized spacial score (nSPS) is 13.0. The highest BCUT2D eigenvalue weighted by molar-refractivity contribution is 7.17. The second kappa shape index (κ2) is 9.47. The Bertz CT molecular complexity index is 1370. The molecule has 174 valence electrons.